The van der Waals surface area contributed by atoms with Crippen molar-refractivity contribution < 1.29 is 19.1 Å². The van der Waals surface area contributed by atoms with Crippen molar-refractivity contribution in [2.75, 3.05) is 13.2 Å². The third-order valence-corrected chi connectivity index (χ3v) is 2.34. The van der Waals surface area contributed by atoms with E-state index < -0.39 is 6.10 Å². The summed E-state index contributed by atoms with van der Waals surface area (Å²) in [6, 6.07) is 3.53. The predicted molar refractivity (Wildman–Crippen MR) is 65.6 cm³/mol. The van der Waals surface area contributed by atoms with Crippen LogP contribution in [-0.2, 0) is 16.1 Å². The number of nitrogens with one attached hydrogen (secondary N) is 1. The molecule has 4 N–H and O–H groups in total. The Kier molecular flexibility index (Phi) is 6.42. The highest BCUT2D eigenvalue weighted by Crippen LogP contribution is 2.02. The van der Waals surface area contributed by atoms with E-state index in [1.54, 1.807) is 18.4 Å². The van der Waals surface area contributed by atoms with Gasteiger partial charge in [0.2, 0.25) is 5.91 Å². The third-order valence-electron chi connectivity index (χ3n) is 2.34. The lowest BCUT2D eigenvalue weighted by atomic mass is 10.2. The lowest BCUT2D eigenvalue weighted by molar-refractivity contribution is -0.118. The molecule has 0 aliphatic carbocycles. The third kappa shape index (κ3) is 6.39. The van der Waals surface area contributed by atoms with Crippen LogP contribution in [0.4, 0.5) is 0 Å². The Morgan fingerprint density at radius 2 is 2.44 bits per heavy atom. The summed E-state index contributed by atoms with van der Waals surface area (Å²) < 4.78 is 10.4. The van der Waals surface area contributed by atoms with Crippen LogP contribution in [-0.4, -0.2) is 36.3 Å². The summed E-state index contributed by atoms with van der Waals surface area (Å²) >= 11 is 0. The van der Waals surface area contributed by atoms with Gasteiger partial charge in [-0.25, -0.2) is 0 Å². The van der Waals surface area contributed by atoms with Crippen LogP contribution >= 0.6 is 0 Å². The van der Waals surface area contributed by atoms with Crippen molar-refractivity contribution in [1.82, 2.24) is 5.32 Å². The Balaban J connectivity index is 2.06. The van der Waals surface area contributed by atoms with Crippen molar-refractivity contribution in [2.24, 2.45) is 5.73 Å². The molecule has 0 aliphatic rings. The molecule has 6 heteroatoms. The number of aliphatic hydroxyl groups excluding tert-OH is 1. The van der Waals surface area contributed by atoms with Crippen molar-refractivity contribution in [2.45, 2.75) is 32.1 Å². The minimum Gasteiger partial charge on any atom is -0.467 e. The summed E-state index contributed by atoms with van der Waals surface area (Å²) in [4.78, 5) is 10.6. The second-order valence-corrected chi connectivity index (χ2v) is 4.23. The first-order chi connectivity index (χ1) is 8.58. The average Bonchev–Trinajstić information content (AvgIpc) is 2.78. The maximum absolute atomic E-state index is 10.6. The molecule has 0 spiro atoms. The Labute approximate surface area is 106 Å². The minimum absolute atomic E-state index is 0.0535. The van der Waals surface area contributed by atoms with Gasteiger partial charge in [0.1, 0.15) is 12.4 Å². The molecule has 102 valence electrons. The number of furan rings is 1. The van der Waals surface area contributed by atoms with Gasteiger partial charge >= 0.3 is 0 Å². The van der Waals surface area contributed by atoms with Crippen LogP contribution in [0.25, 0.3) is 0 Å². The molecular formula is C12H20N2O4. The van der Waals surface area contributed by atoms with Crippen molar-refractivity contribution in [3.63, 3.8) is 0 Å². The van der Waals surface area contributed by atoms with E-state index in [9.17, 15) is 9.90 Å². The molecule has 1 heterocycles. The highest BCUT2D eigenvalue weighted by molar-refractivity contribution is 5.74. The van der Waals surface area contributed by atoms with Crippen molar-refractivity contribution in [3.8, 4) is 0 Å². The summed E-state index contributed by atoms with van der Waals surface area (Å²) in [6.45, 7) is 2.73. The fraction of sp³-hybridized carbons (Fsp3) is 0.583. The molecule has 1 aromatic rings. The fourth-order valence-electron chi connectivity index (χ4n) is 1.46. The molecule has 2 atom stereocenters. The number of hydrogen-bond acceptors (Lipinski definition) is 5. The molecule has 0 aliphatic heterocycles. The minimum atomic E-state index is -0.629. The van der Waals surface area contributed by atoms with Gasteiger partial charge < -0.3 is 25.3 Å². The van der Waals surface area contributed by atoms with E-state index in [2.05, 4.69) is 5.32 Å². The van der Waals surface area contributed by atoms with Gasteiger partial charge in [0.15, 0.2) is 0 Å². The first-order valence-electron chi connectivity index (χ1n) is 5.87. The van der Waals surface area contributed by atoms with E-state index in [1.165, 1.54) is 0 Å². The summed E-state index contributed by atoms with van der Waals surface area (Å²) in [5, 5.41) is 12.6. The van der Waals surface area contributed by atoms with Gasteiger partial charge in [-0.3, -0.25) is 4.79 Å². The number of carbonyl (C=O) groups excluding carboxylic acids is 1. The largest absolute Gasteiger partial charge is 0.467 e. The zero-order chi connectivity index (χ0) is 13.4. The van der Waals surface area contributed by atoms with Crippen LogP contribution in [0.15, 0.2) is 22.8 Å². The molecule has 18 heavy (non-hydrogen) atoms. The SMILES string of the molecule is CC(CC(N)=O)NCC(O)COCc1ccco1. The first-order valence-corrected chi connectivity index (χ1v) is 5.87. The van der Waals surface area contributed by atoms with E-state index in [4.69, 9.17) is 14.9 Å². The molecule has 1 amide bonds. The smallest absolute Gasteiger partial charge is 0.218 e. The Morgan fingerprint density at radius 1 is 1.67 bits per heavy atom. The van der Waals surface area contributed by atoms with E-state index in [0.29, 0.717) is 13.2 Å². The molecule has 1 rings (SSSR count). The fourth-order valence-corrected chi connectivity index (χ4v) is 1.46. The zero-order valence-corrected chi connectivity index (χ0v) is 10.5. The Hall–Kier alpha value is -1.37. The lowest BCUT2D eigenvalue weighted by Gasteiger charge is -2.15. The molecule has 0 bridgehead atoms. The van der Waals surface area contributed by atoms with E-state index in [0.717, 1.165) is 5.76 Å². The van der Waals surface area contributed by atoms with Crippen molar-refractivity contribution >= 4 is 5.91 Å². The monoisotopic (exact) mass is 256 g/mol. The second-order valence-electron chi connectivity index (χ2n) is 4.23. The topological polar surface area (TPSA) is 97.7 Å². The maximum Gasteiger partial charge on any atom is 0.218 e. The van der Waals surface area contributed by atoms with Crippen LogP contribution in [0, 0.1) is 0 Å². The predicted octanol–water partition coefficient (Wildman–Crippen LogP) is 0.0106. The van der Waals surface area contributed by atoms with Gasteiger partial charge in [-0.1, -0.05) is 0 Å². The molecule has 1 aromatic heterocycles. The highest BCUT2D eigenvalue weighted by atomic mass is 16.5. The highest BCUT2D eigenvalue weighted by Gasteiger charge is 2.09. The summed E-state index contributed by atoms with van der Waals surface area (Å²) in [5.74, 6) is 0.357. The van der Waals surface area contributed by atoms with Gasteiger partial charge in [0.05, 0.1) is 19.0 Å². The first kappa shape index (κ1) is 14.7. The Morgan fingerprint density at radius 3 is 3.06 bits per heavy atom. The van der Waals surface area contributed by atoms with Crippen LogP contribution in [0.3, 0.4) is 0 Å². The maximum atomic E-state index is 10.6. The average molecular weight is 256 g/mol. The number of nitrogens with two attached hydrogens (primary N) is 1. The van der Waals surface area contributed by atoms with E-state index >= 15 is 0 Å². The van der Waals surface area contributed by atoms with Crippen LogP contribution < -0.4 is 11.1 Å². The quantitative estimate of drug-likeness (QED) is 0.578. The van der Waals surface area contributed by atoms with E-state index in [1.807, 2.05) is 6.92 Å². The summed E-state index contributed by atoms with van der Waals surface area (Å²) in [5.41, 5.74) is 5.06. The van der Waals surface area contributed by atoms with Gasteiger partial charge in [-0.2, -0.15) is 0 Å². The van der Waals surface area contributed by atoms with E-state index in [-0.39, 0.29) is 25.0 Å². The van der Waals surface area contributed by atoms with Crippen molar-refractivity contribution in [3.05, 3.63) is 24.2 Å². The number of carbonyl (C=O) groups is 1. The Bertz CT molecular complexity index is 340. The summed E-state index contributed by atoms with van der Waals surface area (Å²) in [6.07, 6.45) is 1.19. The molecular weight excluding hydrogens is 236 g/mol. The lowest BCUT2D eigenvalue weighted by Crippen LogP contribution is -2.38. The molecule has 2 unspecified atom stereocenters. The number of amides is 1. The zero-order valence-electron chi connectivity index (χ0n) is 10.5. The molecule has 0 radical (unpaired) electrons. The molecule has 0 saturated carbocycles. The van der Waals surface area contributed by atoms with Crippen LogP contribution in [0.5, 0.6) is 0 Å². The van der Waals surface area contributed by atoms with Crippen LogP contribution in [0.1, 0.15) is 19.1 Å². The van der Waals surface area contributed by atoms with Gasteiger partial charge in [0, 0.05) is 19.0 Å². The van der Waals surface area contributed by atoms with Gasteiger partial charge in [-0.15, -0.1) is 0 Å². The molecule has 0 saturated heterocycles. The summed E-state index contributed by atoms with van der Waals surface area (Å²) in [7, 11) is 0. The van der Waals surface area contributed by atoms with Crippen molar-refractivity contribution in [1.29, 1.82) is 0 Å². The van der Waals surface area contributed by atoms with Gasteiger partial charge in [0.25, 0.3) is 0 Å². The molecule has 0 aromatic carbocycles. The number of rotatable bonds is 9. The normalized spacial score (nSPS) is 14.3. The molecule has 0 fully saturated rings. The number of hydrogen-bond donors (Lipinski definition) is 3. The molecule has 6 nitrogen and oxygen atoms in total. The number of aliphatic hydroxyl groups is 1. The van der Waals surface area contributed by atoms with Crippen LogP contribution in [0.2, 0.25) is 0 Å². The van der Waals surface area contributed by atoms with Gasteiger partial charge in [-0.05, 0) is 19.1 Å². The number of primary amides is 1. The second kappa shape index (κ2) is 7.86. The standard InChI is InChI=1S/C12H20N2O4/c1-9(5-12(13)16)14-6-10(15)7-17-8-11-3-2-4-18-11/h2-4,9-10,14-15H,5-8H2,1H3,(H2,13,16). The number of ether oxygens (including phenoxy) is 1.